The fourth-order valence-electron chi connectivity index (χ4n) is 1.55. The first-order chi connectivity index (χ1) is 8.16. The second-order valence-electron chi connectivity index (χ2n) is 3.65. The topological polar surface area (TPSA) is 32.3 Å². The number of rotatable bonds is 1. The number of nitrogens with one attached hydrogen (secondary N) is 1. The zero-order valence-electron chi connectivity index (χ0n) is 9.08. The first-order valence-corrected chi connectivity index (χ1v) is 7.16. The van der Waals surface area contributed by atoms with Crippen molar-refractivity contribution in [2.75, 3.05) is 29.9 Å². The molecule has 0 aromatic heterocycles. The highest BCUT2D eigenvalue weighted by molar-refractivity contribution is 7.99. The van der Waals surface area contributed by atoms with Crippen LogP contribution in [0.4, 0.5) is 10.5 Å². The number of benzene rings is 1. The Kier molecular flexibility index (Phi) is 4.42. The highest BCUT2D eigenvalue weighted by Gasteiger charge is 2.17. The minimum Gasteiger partial charge on any atom is -0.323 e. The van der Waals surface area contributed by atoms with Crippen molar-refractivity contribution in [2.45, 2.75) is 0 Å². The van der Waals surface area contributed by atoms with E-state index in [1.54, 1.807) is 23.1 Å². The van der Waals surface area contributed by atoms with Gasteiger partial charge in [-0.2, -0.15) is 11.8 Å². The molecule has 1 heterocycles. The van der Waals surface area contributed by atoms with Crippen molar-refractivity contribution in [2.24, 2.45) is 0 Å². The highest BCUT2D eigenvalue weighted by atomic mass is 35.5. The SMILES string of the molecule is O=C(Nc1ccc(Cl)cc1Cl)N1CCSCC1. The van der Waals surface area contributed by atoms with Crippen LogP contribution in [0.5, 0.6) is 0 Å². The fraction of sp³-hybridized carbons (Fsp3) is 0.364. The number of halogens is 2. The van der Waals surface area contributed by atoms with Crippen molar-refractivity contribution in [3.63, 3.8) is 0 Å². The van der Waals surface area contributed by atoms with Gasteiger partial charge in [-0.05, 0) is 18.2 Å². The summed E-state index contributed by atoms with van der Waals surface area (Å²) in [4.78, 5) is 13.7. The molecule has 2 amide bonds. The van der Waals surface area contributed by atoms with Crippen LogP contribution in [0.2, 0.25) is 10.0 Å². The minimum atomic E-state index is -0.102. The molecule has 3 nitrogen and oxygen atoms in total. The van der Waals surface area contributed by atoms with E-state index in [-0.39, 0.29) is 6.03 Å². The number of urea groups is 1. The molecule has 0 radical (unpaired) electrons. The molecule has 0 atom stereocenters. The van der Waals surface area contributed by atoms with Gasteiger partial charge in [-0.3, -0.25) is 0 Å². The van der Waals surface area contributed by atoms with Gasteiger partial charge >= 0.3 is 6.03 Å². The summed E-state index contributed by atoms with van der Waals surface area (Å²) in [6, 6.07) is 4.93. The standard InChI is InChI=1S/C11H12Cl2N2OS/c12-8-1-2-10(9(13)7-8)14-11(16)15-3-5-17-6-4-15/h1-2,7H,3-6H2,(H,14,16). The van der Waals surface area contributed by atoms with Crippen LogP contribution in [0, 0.1) is 0 Å². The van der Waals surface area contributed by atoms with E-state index in [1.807, 2.05) is 11.8 Å². The number of carbonyl (C=O) groups excluding carboxylic acids is 1. The van der Waals surface area contributed by atoms with Crippen LogP contribution in [0.15, 0.2) is 18.2 Å². The monoisotopic (exact) mass is 290 g/mol. The van der Waals surface area contributed by atoms with Crippen LogP contribution >= 0.6 is 35.0 Å². The highest BCUT2D eigenvalue weighted by Crippen LogP contribution is 2.25. The van der Waals surface area contributed by atoms with Crippen LogP contribution in [0.1, 0.15) is 0 Å². The summed E-state index contributed by atoms with van der Waals surface area (Å²) in [5, 5.41) is 3.81. The third-order valence-electron chi connectivity index (χ3n) is 2.47. The van der Waals surface area contributed by atoms with Gasteiger partial charge in [0, 0.05) is 29.6 Å². The Balaban J connectivity index is 2.02. The van der Waals surface area contributed by atoms with Gasteiger partial charge in [0.25, 0.3) is 0 Å². The smallest absolute Gasteiger partial charge is 0.321 e. The average Bonchev–Trinajstić information content (AvgIpc) is 2.34. The van der Waals surface area contributed by atoms with E-state index >= 15 is 0 Å². The molecule has 0 unspecified atom stereocenters. The molecule has 6 heteroatoms. The predicted molar refractivity (Wildman–Crippen MR) is 74.4 cm³/mol. The predicted octanol–water partition coefficient (Wildman–Crippen LogP) is 3.57. The maximum absolute atomic E-state index is 11.9. The number of carbonyl (C=O) groups is 1. The normalized spacial score (nSPS) is 15.8. The molecule has 0 aliphatic carbocycles. The Morgan fingerprint density at radius 3 is 2.65 bits per heavy atom. The second kappa shape index (κ2) is 5.85. The fourth-order valence-corrected chi connectivity index (χ4v) is 2.91. The summed E-state index contributed by atoms with van der Waals surface area (Å²) in [6.07, 6.45) is 0. The maximum atomic E-state index is 11.9. The lowest BCUT2D eigenvalue weighted by molar-refractivity contribution is 0.217. The number of nitrogens with zero attached hydrogens (tertiary/aromatic N) is 1. The van der Waals surface area contributed by atoms with E-state index in [4.69, 9.17) is 23.2 Å². The van der Waals surface area contributed by atoms with E-state index in [1.165, 1.54) is 0 Å². The number of thioether (sulfide) groups is 1. The third-order valence-corrected chi connectivity index (χ3v) is 3.96. The molecule has 0 bridgehead atoms. The molecular formula is C11H12Cl2N2OS. The Hall–Kier alpha value is -0.580. The summed E-state index contributed by atoms with van der Waals surface area (Å²) in [5.74, 6) is 1.98. The van der Waals surface area contributed by atoms with Crippen LogP contribution in [-0.2, 0) is 0 Å². The molecule has 1 aromatic carbocycles. The molecule has 0 saturated carbocycles. The molecule has 1 N–H and O–H groups in total. The molecule has 2 rings (SSSR count). The average molecular weight is 291 g/mol. The van der Waals surface area contributed by atoms with Gasteiger partial charge in [0.1, 0.15) is 0 Å². The van der Waals surface area contributed by atoms with Gasteiger partial charge in [0.2, 0.25) is 0 Å². The maximum Gasteiger partial charge on any atom is 0.321 e. The summed E-state index contributed by atoms with van der Waals surface area (Å²) in [6.45, 7) is 1.56. The molecule has 17 heavy (non-hydrogen) atoms. The first kappa shape index (κ1) is 12.9. The Morgan fingerprint density at radius 2 is 2.00 bits per heavy atom. The lowest BCUT2D eigenvalue weighted by Gasteiger charge is -2.26. The van der Waals surface area contributed by atoms with Gasteiger partial charge < -0.3 is 10.2 Å². The van der Waals surface area contributed by atoms with E-state index in [0.717, 1.165) is 24.6 Å². The van der Waals surface area contributed by atoms with Crippen molar-refractivity contribution < 1.29 is 4.79 Å². The van der Waals surface area contributed by atoms with Crippen molar-refractivity contribution in [1.29, 1.82) is 0 Å². The number of hydrogen-bond acceptors (Lipinski definition) is 2. The quantitative estimate of drug-likeness (QED) is 0.857. The summed E-state index contributed by atoms with van der Waals surface area (Å²) in [7, 11) is 0. The van der Waals surface area contributed by atoms with Crippen molar-refractivity contribution >= 4 is 46.7 Å². The van der Waals surface area contributed by atoms with Gasteiger partial charge in [0.15, 0.2) is 0 Å². The number of anilines is 1. The minimum absolute atomic E-state index is 0.102. The van der Waals surface area contributed by atoms with Crippen LogP contribution in [0.3, 0.4) is 0 Å². The van der Waals surface area contributed by atoms with Gasteiger partial charge in [-0.25, -0.2) is 4.79 Å². The molecule has 1 fully saturated rings. The molecule has 0 spiro atoms. The summed E-state index contributed by atoms with van der Waals surface area (Å²) < 4.78 is 0. The zero-order valence-corrected chi connectivity index (χ0v) is 11.4. The van der Waals surface area contributed by atoms with Crippen LogP contribution in [-0.4, -0.2) is 35.5 Å². The Bertz CT molecular complexity index is 422. The Labute approximate surface area is 114 Å². The lowest BCUT2D eigenvalue weighted by atomic mass is 10.3. The lowest BCUT2D eigenvalue weighted by Crippen LogP contribution is -2.40. The van der Waals surface area contributed by atoms with Gasteiger partial charge in [-0.15, -0.1) is 0 Å². The first-order valence-electron chi connectivity index (χ1n) is 5.25. The van der Waals surface area contributed by atoms with Crippen molar-refractivity contribution in [3.8, 4) is 0 Å². The van der Waals surface area contributed by atoms with E-state index < -0.39 is 0 Å². The molecule has 1 aromatic rings. The summed E-state index contributed by atoms with van der Waals surface area (Å²) >= 11 is 13.6. The molecule has 1 aliphatic rings. The van der Waals surface area contributed by atoms with E-state index in [2.05, 4.69) is 5.32 Å². The number of amides is 2. The molecule has 1 saturated heterocycles. The second-order valence-corrected chi connectivity index (χ2v) is 5.72. The number of hydrogen-bond donors (Lipinski definition) is 1. The Morgan fingerprint density at radius 1 is 1.29 bits per heavy atom. The van der Waals surface area contributed by atoms with E-state index in [0.29, 0.717) is 15.7 Å². The molecule has 1 aliphatic heterocycles. The van der Waals surface area contributed by atoms with E-state index in [9.17, 15) is 4.79 Å². The van der Waals surface area contributed by atoms with Gasteiger partial charge in [-0.1, -0.05) is 23.2 Å². The third kappa shape index (κ3) is 3.44. The summed E-state index contributed by atoms with van der Waals surface area (Å²) in [5.41, 5.74) is 0.597. The van der Waals surface area contributed by atoms with Crippen LogP contribution < -0.4 is 5.32 Å². The van der Waals surface area contributed by atoms with Crippen molar-refractivity contribution in [1.82, 2.24) is 4.90 Å². The van der Waals surface area contributed by atoms with Crippen molar-refractivity contribution in [3.05, 3.63) is 28.2 Å². The zero-order chi connectivity index (χ0) is 12.3. The van der Waals surface area contributed by atoms with Gasteiger partial charge in [0.05, 0.1) is 10.7 Å². The largest absolute Gasteiger partial charge is 0.323 e. The van der Waals surface area contributed by atoms with Crippen LogP contribution in [0.25, 0.3) is 0 Å². The molecule has 92 valence electrons. The molecular weight excluding hydrogens is 279 g/mol.